The smallest absolute Gasteiger partial charge is 0.303 e. The lowest BCUT2D eigenvalue weighted by Gasteiger charge is -2.36. The SMILES string of the molecule is CC(C)(C)S(=O)(=O)CCN1CCCCC1CCC(=O)O. The zero-order valence-corrected chi connectivity index (χ0v) is 13.6. The Balaban J connectivity index is 2.57. The van der Waals surface area contributed by atoms with Gasteiger partial charge in [0.15, 0.2) is 9.84 Å². The molecule has 6 heteroatoms. The standard InChI is InChI=1S/C14H27NO4S/c1-14(2,3)20(18,19)11-10-15-9-5-4-6-12(15)7-8-13(16)17/h12H,4-11H2,1-3H3,(H,16,17). The van der Waals surface area contributed by atoms with Crippen LogP contribution < -0.4 is 0 Å². The second kappa shape index (κ2) is 6.89. The van der Waals surface area contributed by atoms with Crippen LogP contribution in [0.15, 0.2) is 0 Å². The predicted octanol–water partition coefficient (Wildman–Crippen LogP) is 1.92. The lowest BCUT2D eigenvalue weighted by Crippen LogP contribution is -2.44. The Morgan fingerprint density at radius 2 is 1.95 bits per heavy atom. The highest BCUT2D eigenvalue weighted by molar-refractivity contribution is 7.92. The van der Waals surface area contributed by atoms with Gasteiger partial charge in [-0.05, 0) is 46.6 Å². The Kier molecular flexibility index (Phi) is 6.01. The predicted molar refractivity (Wildman–Crippen MR) is 79.6 cm³/mol. The molecular formula is C14H27NO4S. The van der Waals surface area contributed by atoms with Gasteiger partial charge in [-0.15, -0.1) is 0 Å². The Hall–Kier alpha value is -0.620. The first-order chi connectivity index (χ1) is 9.13. The minimum absolute atomic E-state index is 0.153. The summed E-state index contributed by atoms with van der Waals surface area (Å²) in [6, 6.07) is 0.218. The highest BCUT2D eigenvalue weighted by Crippen LogP contribution is 2.22. The molecule has 0 aliphatic carbocycles. The van der Waals surface area contributed by atoms with E-state index in [-0.39, 0.29) is 18.2 Å². The Morgan fingerprint density at radius 1 is 1.30 bits per heavy atom. The van der Waals surface area contributed by atoms with Crippen molar-refractivity contribution in [2.75, 3.05) is 18.8 Å². The normalized spacial score (nSPS) is 21.9. The molecule has 1 aliphatic heterocycles. The van der Waals surface area contributed by atoms with E-state index in [2.05, 4.69) is 4.90 Å². The topological polar surface area (TPSA) is 74.7 Å². The zero-order valence-electron chi connectivity index (χ0n) is 12.8. The fourth-order valence-corrected chi connectivity index (χ4v) is 3.60. The Morgan fingerprint density at radius 3 is 2.50 bits per heavy atom. The molecule has 1 unspecified atom stereocenters. The van der Waals surface area contributed by atoms with Gasteiger partial charge in [0.1, 0.15) is 0 Å². The van der Waals surface area contributed by atoms with Crippen molar-refractivity contribution in [3.8, 4) is 0 Å². The van der Waals surface area contributed by atoms with Gasteiger partial charge in [-0.1, -0.05) is 6.42 Å². The molecule has 0 bridgehead atoms. The summed E-state index contributed by atoms with van der Waals surface area (Å²) in [4.78, 5) is 12.8. The zero-order chi connectivity index (χ0) is 15.4. The molecule has 1 aliphatic rings. The molecule has 0 radical (unpaired) electrons. The molecule has 1 heterocycles. The van der Waals surface area contributed by atoms with Gasteiger partial charge < -0.3 is 5.11 Å². The molecule has 1 rings (SSSR count). The average Bonchev–Trinajstić information content (AvgIpc) is 2.33. The van der Waals surface area contributed by atoms with Crippen LogP contribution in [-0.4, -0.2) is 54.0 Å². The highest BCUT2D eigenvalue weighted by Gasteiger charge is 2.31. The molecule has 1 atom stereocenters. The van der Waals surface area contributed by atoms with Crippen molar-refractivity contribution in [1.29, 1.82) is 0 Å². The third-order valence-corrected chi connectivity index (χ3v) is 6.61. The maximum absolute atomic E-state index is 12.1. The molecular weight excluding hydrogens is 278 g/mol. The van der Waals surface area contributed by atoms with Gasteiger partial charge in [0.05, 0.1) is 10.5 Å². The largest absolute Gasteiger partial charge is 0.481 e. The summed E-state index contributed by atoms with van der Waals surface area (Å²) in [5.41, 5.74) is 0. The second-order valence-corrected chi connectivity index (χ2v) is 9.41. The Labute approximate surface area is 122 Å². The van der Waals surface area contributed by atoms with E-state index in [0.717, 1.165) is 25.8 Å². The number of sulfone groups is 1. The summed E-state index contributed by atoms with van der Waals surface area (Å²) in [6.45, 7) is 6.56. The first-order valence-corrected chi connectivity index (χ1v) is 8.97. The van der Waals surface area contributed by atoms with Crippen LogP contribution in [0.5, 0.6) is 0 Å². The molecule has 1 saturated heterocycles. The molecule has 1 N–H and O–H groups in total. The fraction of sp³-hybridized carbons (Fsp3) is 0.929. The van der Waals surface area contributed by atoms with Crippen LogP contribution in [0.2, 0.25) is 0 Å². The molecule has 5 nitrogen and oxygen atoms in total. The third kappa shape index (κ3) is 5.05. The van der Waals surface area contributed by atoms with E-state index in [1.807, 2.05) is 0 Å². The molecule has 1 fully saturated rings. The molecule has 20 heavy (non-hydrogen) atoms. The lowest BCUT2D eigenvalue weighted by atomic mass is 9.98. The monoisotopic (exact) mass is 305 g/mol. The van der Waals surface area contributed by atoms with Crippen molar-refractivity contribution >= 4 is 15.8 Å². The minimum Gasteiger partial charge on any atom is -0.481 e. The van der Waals surface area contributed by atoms with Crippen LogP contribution in [0.4, 0.5) is 0 Å². The molecule has 118 valence electrons. The van der Waals surface area contributed by atoms with Crippen LogP contribution in [0, 0.1) is 0 Å². The van der Waals surface area contributed by atoms with Gasteiger partial charge in [-0.2, -0.15) is 0 Å². The number of hydrogen-bond acceptors (Lipinski definition) is 4. The van der Waals surface area contributed by atoms with E-state index in [9.17, 15) is 13.2 Å². The number of carboxylic acid groups (broad SMARTS) is 1. The van der Waals surface area contributed by atoms with Crippen molar-refractivity contribution in [3.05, 3.63) is 0 Å². The van der Waals surface area contributed by atoms with Crippen LogP contribution >= 0.6 is 0 Å². The van der Waals surface area contributed by atoms with Gasteiger partial charge in [0, 0.05) is 19.0 Å². The number of carboxylic acids is 1. The number of hydrogen-bond donors (Lipinski definition) is 1. The van der Waals surface area contributed by atoms with Crippen molar-refractivity contribution in [3.63, 3.8) is 0 Å². The van der Waals surface area contributed by atoms with Crippen LogP contribution in [0.25, 0.3) is 0 Å². The van der Waals surface area contributed by atoms with Gasteiger partial charge in [-0.3, -0.25) is 9.69 Å². The average molecular weight is 305 g/mol. The molecule has 0 spiro atoms. The maximum atomic E-state index is 12.1. The molecule has 0 saturated carbocycles. The number of rotatable bonds is 6. The van der Waals surface area contributed by atoms with Gasteiger partial charge in [0.2, 0.25) is 0 Å². The number of aliphatic carboxylic acids is 1. The number of carbonyl (C=O) groups is 1. The van der Waals surface area contributed by atoms with E-state index >= 15 is 0 Å². The lowest BCUT2D eigenvalue weighted by molar-refractivity contribution is -0.137. The highest BCUT2D eigenvalue weighted by atomic mass is 32.2. The van der Waals surface area contributed by atoms with E-state index in [1.165, 1.54) is 0 Å². The van der Waals surface area contributed by atoms with E-state index < -0.39 is 20.6 Å². The molecule has 0 aromatic carbocycles. The summed E-state index contributed by atoms with van der Waals surface area (Å²) < 4.78 is 23.6. The van der Waals surface area contributed by atoms with Crippen LogP contribution in [-0.2, 0) is 14.6 Å². The molecule has 0 aromatic rings. The molecule has 0 aromatic heterocycles. The van der Waals surface area contributed by atoms with Gasteiger partial charge in [0.25, 0.3) is 0 Å². The number of likely N-dealkylation sites (tertiary alicyclic amines) is 1. The summed E-state index contributed by atoms with van der Waals surface area (Å²) >= 11 is 0. The van der Waals surface area contributed by atoms with Crippen molar-refractivity contribution in [2.24, 2.45) is 0 Å². The summed E-state index contributed by atoms with van der Waals surface area (Å²) in [7, 11) is -3.11. The van der Waals surface area contributed by atoms with Crippen molar-refractivity contribution in [2.45, 2.75) is 63.7 Å². The van der Waals surface area contributed by atoms with Gasteiger partial charge in [-0.25, -0.2) is 8.42 Å². The summed E-state index contributed by atoms with van der Waals surface area (Å²) in [6.07, 6.45) is 3.92. The van der Waals surface area contributed by atoms with Gasteiger partial charge >= 0.3 is 5.97 Å². The second-order valence-electron chi connectivity index (χ2n) is 6.55. The summed E-state index contributed by atoms with van der Waals surface area (Å²) in [5, 5.41) is 8.78. The van der Waals surface area contributed by atoms with E-state index in [0.29, 0.717) is 13.0 Å². The van der Waals surface area contributed by atoms with Crippen LogP contribution in [0.1, 0.15) is 52.9 Å². The maximum Gasteiger partial charge on any atom is 0.303 e. The van der Waals surface area contributed by atoms with E-state index in [1.54, 1.807) is 20.8 Å². The summed E-state index contributed by atoms with van der Waals surface area (Å²) in [5.74, 6) is -0.627. The number of piperidine rings is 1. The van der Waals surface area contributed by atoms with Crippen LogP contribution in [0.3, 0.4) is 0 Å². The first kappa shape index (κ1) is 17.4. The number of nitrogens with zero attached hydrogens (tertiary/aromatic N) is 1. The molecule has 0 amide bonds. The minimum atomic E-state index is -3.11. The van der Waals surface area contributed by atoms with E-state index in [4.69, 9.17) is 5.11 Å². The van der Waals surface area contributed by atoms with Crippen molar-refractivity contribution in [1.82, 2.24) is 4.90 Å². The Bertz CT molecular complexity index is 425. The fourth-order valence-electron chi connectivity index (χ4n) is 2.52. The first-order valence-electron chi connectivity index (χ1n) is 7.31. The third-order valence-electron chi connectivity index (χ3n) is 4.02. The quantitative estimate of drug-likeness (QED) is 0.811. The van der Waals surface area contributed by atoms with Crippen molar-refractivity contribution < 1.29 is 18.3 Å².